The van der Waals surface area contributed by atoms with Gasteiger partial charge in [0.05, 0.1) is 28.8 Å². The van der Waals surface area contributed by atoms with Crippen LogP contribution in [0.5, 0.6) is 0 Å². The van der Waals surface area contributed by atoms with E-state index in [0.717, 1.165) is 12.8 Å². The first-order chi connectivity index (χ1) is 12.6. The van der Waals surface area contributed by atoms with Crippen molar-refractivity contribution in [1.82, 2.24) is 19.4 Å². The molecule has 7 heteroatoms. The predicted octanol–water partition coefficient (Wildman–Crippen LogP) is 1.56. The number of hydrogen-bond donors (Lipinski definition) is 1. The van der Waals surface area contributed by atoms with Crippen LogP contribution >= 0.6 is 0 Å². The highest BCUT2D eigenvalue weighted by molar-refractivity contribution is 5.93. The van der Waals surface area contributed by atoms with E-state index in [9.17, 15) is 14.4 Å². The third kappa shape index (κ3) is 2.92. The Labute approximate surface area is 148 Å². The monoisotopic (exact) mass is 350 g/mol. The number of likely N-dealkylation sites (tertiary alicyclic amines) is 1. The summed E-state index contributed by atoms with van der Waals surface area (Å²) < 4.78 is 1.63. The summed E-state index contributed by atoms with van der Waals surface area (Å²) in [6.07, 6.45) is 4.62. The summed E-state index contributed by atoms with van der Waals surface area (Å²) in [7, 11) is 0. The summed E-state index contributed by atoms with van der Waals surface area (Å²) in [5, 5.41) is 0.582. The number of para-hydroxylation sites is 1. The van der Waals surface area contributed by atoms with Crippen molar-refractivity contribution in [3.8, 4) is 0 Å². The Hall–Kier alpha value is -3.22. The van der Waals surface area contributed by atoms with Gasteiger partial charge in [0.2, 0.25) is 5.56 Å². The van der Waals surface area contributed by atoms with Crippen LogP contribution < -0.4 is 11.1 Å². The average molecular weight is 350 g/mol. The summed E-state index contributed by atoms with van der Waals surface area (Å²) >= 11 is 0. The second kappa shape index (κ2) is 6.59. The summed E-state index contributed by atoms with van der Waals surface area (Å²) in [5.74, 6) is -0.146. The fourth-order valence-corrected chi connectivity index (χ4v) is 3.44. The maximum absolute atomic E-state index is 12.8. The van der Waals surface area contributed by atoms with Crippen molar-refractivity contribution in [3.05, 3.63) is 75.2 Å². The van der Waals surface area contributed by atoms with E-state index >= 15 is 0 Å². The molecular formula is C19H18N4O3. The number of piperidine rings is 1. The Kier molecular flexibility index (Phi) is 4.12. The molecule has 1 aromatic carbocycles. The zero-order valence-electron chi connectivity index (χ0n) is 14.1. The zero-order valence-corrected chi connectivity index (χ0v) is 14.1. The van der Waals surface area contributed by atoms with E-state index in [0.29, 0.717) is 29.6 Å². The Balaban J connectivity index is 1.62. The van der Waals surface area contributed by atoms with Crippen LogP contribution in [0.3, 0.4) is 0 Å². The van der Waals surface area contributed by atoms with Crippen molar-refractivity contribution in [2.24, 2.45) is 0 Å². The smallest absolute Gasteiger partial charge is 0.261 e. The third-order valence-electron chi connectivity index (χ3n) is 4.80. The molecule has 2 aromatic heterocycles. The SMILES string of the molecule is O=C(c1ccc(=O)[nH]c1)N1CCC[C@H](n2cnc3ccccc3c2=O)C1. The van der Waals surface area contributed by atoms with Crippen LogP contribution in [0.2, 0.25) is 0 Å². The molecule has 3 aromatic rings. The van der Waals surface area contributed by atoms with Gasteiger partial charge in [-0.2, -0.15) is 0 Å². The fourth-order valence-electron chi connectivity index (χ4n) is 3.44. The molecule has 4 rings (SSSR count). The Bertz CT molecular complexity index is 1070. The van der Waals surface area contributed by atoms with Crippen LogP contribution in [-0.2, 0) is 0 Å². The first-order valence-corrected chi connectivity index (χ1v) is 8.57. The standard InChI is InChI=1S/C19H18N4O3/c24-17-8-7-13(10-20-17)18(25)22-9-3-4-14(11-22)23-12-21-16-6-2-1-5-15(16)19(23)26/h1-2,5-8,10,12,14H,3-4,9,11H2,(H,20,24)/t14-/m0/s1. The average Bonchev–Trinajstić information content (AvgIpc) is 2.69. The maximum atomic E-state index is 12.8. The van der Waals surface area contributed by atoms with Gasteiger partial charge in [0, 0.05) is 25.4 Å². The lowest BCUT2D eigenvalue weighted by Crippen LogP contribution is -2.43. The molecule has 0 bridgehead atoms. The fraction of sp³-hybridized carbons (Fsp3) is 0.263. The number of pyridine rings is 1. The molecule has 1 aliphatic heterocycles. The van der Waals surface area contributed by atoms with Gasteiger partial charge in [0.15, 0.2) is 0 Å². The highest BCUT2D eigenvalue weighted by Crippen LogP contribution is 2.22. The van der Waals surface area contributed by atoms with E-state index in [2.05, 4.69) is 9.97 Å². The third-order valence-corrected chi connectivity index (χ3v) is 4.80. The molecule has 132 valence electrons. The number of aromatic amines is 1. The first-order valence-electron chi connectivity index (χ1n) is 8.57. The molecule has 0 saturated carbocycles. The minimum Gasteiger partial charge on any atom is -0.337 e. The number of rotatable bonds is 2. The molecule has 1 amide bonds. The largest absolute Gasteiger partial charge is 0.337 e. The van der Waals surface area contributed by atoms with Gasteiger partial charge in [0.1, 0.15) is 0 Å². The number of nitrogens with one attached hydrogen (secondary N) is 1. The van der Waals surface area contributed by atoms with E-state index < -0.39 is 0 Å². The molecular weight excluding hydrogens is 332 g/mol. The van der Waals surface area contributed by atoms with Gasteiger partial charge in [0.25, 0.3) is 11.5 Å². The number of nitrogens with zero attached hydrogens (tertiary/aromatic N) is 3. The Morgan fingerprint density at radius 3 is 2.81 bits per heavy atom. The number of carbonyl (C=O) groups excluding carboxylic acids is 1. The van der Waals surface area contributed by atoms with Crippen molar-refractivity contribution in [1.29, 1.82) is 0 Å². The second-order valence-electron chi connectivity index (χ2n) is 6.46. The number of benzene rings is 1. The van der Waals surface area contributed by atoms with E-state index in [4.69, 9.17) is 0 Å². The zero-order chi connectivity index (χ0) is 18.1. The van der Waals surface area contributed by atoms with Crippen molar-refractivity contribution < 1.29 is 4.79 Å². The minimum atomic E-state index is -0.244. The molecule has 0 spiro atoms. The van der Waals surface area contributed by atoms with Crippen molar-refractivity contribution in [2.45, 2.75) is 18.9 Å². The molecule has 26 heavy (non-hydrogen) atoms. The summed E-state index contributed by atoms with van der Waals surface area (Å²) in [4.78, 5) is 45.3. The van der Waals surface area contributed by atoms with Gasteiger partial charge in [-0.25, -0.2) is 4.98 Å². The number of hydrogen-bond acceptors (Lipinski definition) is 4. The number of amides is 1. The molecule has 7 nitrogen and oxygen atoms in total. The van der Waals surface area contributed by atoms with E-state index in [1.54, 1.807) is 21.9 Å². The van der Waals surface area contributed by atoms with Crippen LogP contribution in [0, 0.1) is 0 Å². The lowest BCUT2D eigenvalue weighted by Gasteiger charge is -2.33. The van der Waals surface area contributed by atoms with Gasteiger partial charge in [-0.05, 0) is 31.0 Å². The number of H-pyrrole nitrogens is 1. The van der Waals surface area contributed by atoms with E-state index in [-0.39, 0.29) is 23.1 Å². The molecule has 1 N–H and O–H groups in total. The predicted molar refractivity (Wildman–Crippen MR) is 97.2 cm³/mol. The quantitative estimate of drug-likeness (QED) is 0.760. The molecule has 1 atom stereocenters. The van der Waals surface area contributed by atoms with E-state index in [1.165, 1.54) is 18.3 Å². The number of aromatic nitrogens is 3. The highest BCUT2D eigenvalue weighted by atomic mass is 16.2. The lowest BCUT2D eigenvalue weighted by atomic mass is 10.0. The molecule has 0 unspecified atom stereocenters. The molecule has 0 radical (unpaired) electrons. The van der Waals surface area contributed by atoms with Gasteiger partial charge >= 0.3 is 0 Å². The van der Waals surface area contributed by atoms with E-state index in [1.807, 2.05) is 18.2 Å². The van der Waals surface area contributed by atoms with Gasteiger partial charge in [-0.3, -0.25) is 19.0 Å². The summed E-state index contributed by atoms with van der Waals surface area (Å²) in [5.41, 5.74) is 0.783. The van der Waals surface area contributed by atoms with Gasteiger partial charge < -0.3 is 9.88 Å². The van der Waals surface area contributed by atoms with Crippen LogP contribution in [0.4, 0.5) is 0 Å². The molecule has 1 saturated heterocycles. The Morgan fingerprint density at radius 2 is 2.00 bits per heavy atom. The highest BCUT2D eigenvalue weighted by Gasteiger charge is 2.26. The Morgan fingerprint density at radius 1 is 1.15 bits per heavy atom. The van der Waals surface area contributed by atoms with Crippen LogP contribution in [0.1, 0.15) is 29.2 Å². The molecule has 1 fully saturated rings. The second-order valence-corrected chi connectivity index (χ2v) is 6.46. The van der Waals surface area contributed by atoms with Crippen molar-refractivity contribution >= 4 is 16.8 Å². The minimum absolute atomic E-state index is 0.0843. The maximum Gasteiger partial charge on any atom is 0.261 e. The first kappa shape index (κ1) is 16.3. The molecule has 3 heterocycles. The number of carbonyl (C=O) groups is 1. The lowest BCUT2D eigenvalue weighted by molar-refractivity contribution is 0.0677. The molecule has 0 aliphatic carbocycles. The normalized spacial score (nSPS) is 17.4. The van der Waals surface area contributed by atoms with Gasteiger partial charge in [-0.15, -0.1) is 0 Å². The molecule has 1 aliphatic rings. The van der Waals surface area contributed by atoms with Gasteiger partial charge in [-0.1, -0.05) is 12.1 Å². The topological polar surface area (TPSA) is 88.1 Å². The van der Waals surface area contributed by atoms with Crippen molar-refractivity contribution in [2.75, 3.05) is 13.1 Å². The van der Waals surface area contributed by atoms with Crippen molar-refractivity contribution in [3.63, 3.8) is 0 Å². The summed E-state index contributed by atoms with van der Waals surface area (Å²) in [6, 6.07) is 10.0. The summed E-state index contributed by atoms with van der Waals surface area (Å²) in [6.45, 7) is 1.07. The van der Waals surface area contributed by atoms with Crippen LogP contribution in [-0.4, -0.2) is 38.4 Å². The number of fused-ring (bicyclic) bond motifs is 1. The van der Waals surface area contributed by atoms with Crippen LogP contribution in [0.15, 0.2) is 58.5 Å². The van der Waals surface area contributed by atoms with Crippen LogP contribution in [0.25, 0.3) is 10.9 Å².